The van der Waals surface area contributed by atoms with E-state index in [4.69, 9.17) is 21.3 Å². The zero-order chi connectivity index (χ0) is 26.8. The van der Waals surface area contributed by atoms with Crippen molar-refractivity contribution in [2.75, 3.05) is 19.6 Å². The Balaban J connectivity index is 1.69. The zero-order valence-electron chi connectivity index (χ0n) is 20.8. The second kappa shape index (κ2) is 10.8. The summed E-state index contributed by atoms with van der Waals surface area (Å²) in [7, 11) is 0. The molecule has 11 heteroatoms. The molecule has 2 aromatic carbocycles. The number of urea groups is 1. The van der Waals surface area contributed by atoms with Crippen molar-refractivity contribution >= 4 is 40.7 Å². The third-order valence-electron chi connectivity index (χ3n) is 6.21. The highest BCUT2D eigenvalue weighted by atomic mass is 35.5. The van der Waals surface area contributed by atoms with Gasteiger partial charge >= 0.3 is 6.03 Å². The number of halogens is 1. The fourth-order valence-electron chi connectivity index (χ4n) is 4.59. The van der Waals surface area contributed by atoms with Crippen LogP contribution in [0.2, 0.25) is 5.02 Å². The molecule has 2 unspecified atom stereocenters. The van der Waals surface area contributed by atoms with Crippen LogP contribution >= 0.6 is 22.9 Å². The molecule has 0 spiro atoms. The third-order valence-corrected chi connectivity index (χ3v) is 7.31. The highest BCUT2D eigenvalue weighted by Crippen LogP contribution is 2.45. The summed E-state index contributed by atoms with van der Waals surface area (Å²) in [6.07, 6.45) is 1.53. The molecule has 0 aliphatic carbocycles. The van der Waals surface area contributed by atoms with E-state index in [2.05, 4.69) is 16.4 Å². The second-order valence-electron chi connectivity index (χ2n) is 9.18. The predicted octanol–water partition coefficient (Wildman–Crippen LogP) is 4.55. The molecule has 9 nitrogen and oxygen atoms in total. The Kier molecular flexibility index (Phi) is 7.31. The number of carbonyl (C=O) groups is 2. The molecule has 3 heterocycles. The van der Waals surface area contributed by atoms with Crippen LogP contribution in [0.25, 0.3) is 0 Å². The smallest absolute Gasteiger partial charge is 0.326 e. The van der Waals surface area contributed by atoms with Gasteiger partial charge < -0.3 is 15.0 Å². The number of hydrogen-bond acceptors (Lipinski definition) is 7. The number of piperazine rings is 1. The van der Waals surface area contributed by atoms with Gasteiger partial charge in [-0.05, 0) is 49.7 Å². The van der Waals surface area contributed by atoms with Crippen LogP contribution in [0.4, 0.5) is 4.79 Å². The molecule has 3 amide bonds. The molecule has 3 aromatic rings. The normalized spacial score (nSPS) is 19.2. The first-order valence-electron chi connectivity index (χ1n) is 12.1. The minimum atomic E-state index is -0.548. The van der Waals surface area contributed by atoms with Gasteiger partial charge in [-0.15, -0.1) is 11.3 Å². The number of nitriles is 1. The molecule has 38 heavy (non-hydrogen) atoms. The number of carbonyl (C=O) groups excluding carboxylic acids is 2. The van der Waals surface area contributed by atoms with Gasteiger partial charge in [0.05, 0.1) is 29.3 Å². The monoisotopic (exact) mass is 548 g/mol. The van der Waals surface area contributed by atoms with Crippen LogP contribution < -0.4 is 10.1 Å². The van der Waals surface area contributed by atoms with E-state index in [0.29, 0.717) is 40.8 Å². The maximum atomic E-state index is 14.2. The van der Waals surface area contributed by atoms with Gasteiger partial charge in [-0.2, -0.15) is 5.26 Å². The summed E-state index contributed by atoms with van der Waals surface area (Å²) in [4.78, 5) is 39.2. The van der Waals surface area contributed by atoms with Crippen LogP contribution in [0.1, 0.15) is 47.6 Å². The molecule has 1 aromatic heterocycles. The Hall–Kier alpha value is -3.94. The molecule has 1 fully saturated rings. The molecule has 0 saturated carbocycles. The lowest BCUT2D eigenvalue weighted by Crippen LogP contribution is -2.55. The van der Waals surface area contributed by atoms with E-state index in [1.807, 2.05) is 31.4 Å². The highest BCUT2D eigenvalue weighted by Gasteiger charge is 2.46. The minimum Gasteiger partial charge on any atom is -0.490 e. The lowest BCUT2D eigenvalue weighted by Gasteiger charge is -2.35. The standard InChI is InChI=1S/C27H25ClN6O3S/c1-16(2)37-21-13-17(14-29)3-8-20(21)25-32-23(26-31-10-12-38-26)24(18-4-6-19(28)7-5-18)34(25)27(36)33-11-9-30-22(35)15-33/h3-8,10,12-13,16,23-24H,9,11,15H2,1-2H3,(H,30,35). The summed E-state index contributed by atoms with van der Waals surface area (Å²) in [6.45, 7) is 4.46. The molecular formula is C27H25ClN6O3S. The number of rotatable bonds is 5. The Morgan fingerprint density at radius 3 is 2.71 bits per heavy atom. The number of nitrogens with zero attached hydrogens (tertiary/aromatic N) is 5. The van der Waals surface area contributed by atoms with Crippen molar-refractivity contribution in [3.8, 4) is 11.8 Å². The SMILES string of the molecule is CC(C)Oc1cc(C#N)ccc1C1=NC(c2nccs2)C(c2ccc(Cl)cc2)N1C(=O)N1CCNC(=O)C1. The molecule has 0 radical (unpaired) electrons. The van der Waals surface area contributed by atoms with Crippen molar-refractivity contribution < 1.29 is 14.3 Å². The van der Waals surface area contributed by atoms with Crippen molar-refractivity contribution in [3.05, 3.63) is 80.8 Å². The van der Waals surface area contributed by atoms with E-state index < -0.39 is 12.1 Å². The first-order chi connectivity index (χ1) is 18.4. The van der Waals surface area contributed by atoms with Crippen molar-refractivity contribution in [1.82, 2.24) is 20.1 Å². The molecule has 1 N–H and O–H groups in total. The molecule has 5 rings (SSSR count). The van der Waals surface area contributed by atoms with E-state index >= 15 is 0 Å². The zero-order valence-corrected chi connectivity index (χ0v) is 22.4. The number of thiazole rings is 1. The molecule has 2 aliphatic rings. The van der Waals surface area contributed by atoms with E-state index in [1.54, 1.807) is 41.4 Å². The topological polar surface area (TPSA) is 111 Å². The van der Waals surface area contributed by atoms with Crippen molar-refractivity contribution in [1.29, 1.82) is 5.26 Å². The largest absolute Gasteiger partial charge is 0.490 e. The van der Waals surface area contributed by atoms with Crippen LogP contribution in [0, 0.1) is 11.3 Å². The summed E-state index contributed by atoms with van der Waals surface area (Å²) in [5.74, 6) is 0.618. The van der Waals surface area contributed by atoms with Crippen LogP contribution in [0.5, 0.6) is 5.75 Å². The van der Waals surface area contributed by atoms with Gasteiger partial charge in [0, 0.05) is 29.7 Å². The van der Waals surface area contributed by atoms with Crippen LogP contribution in [0.3, 0.4) is 0 Å². The maximum Gasteiger partial charge on any atom is 0.326 e. The van der Waals surface area contributed by atoms with Gasteiger partial charge in [-0.1, -0.05) is 23.7 Å². The lowest BCUT2D eigenvalue weighted by atomic mass is 9.99. The van der Waals surface area contributed by atoms with Crippen LogP contribution in [-0.4, -0.2) is 58.3 Å². The molecule has 2 aliphatic heterocycles. The first kappa shape index (κ1) is 25.7. The number of amidine groups is 1. The predicted molar refractivity (Wildman–Crippen MR) is 144 cm³/mol. The molecule has 1 saturated heterocycles. The number of aromatic nitrogens is 1. The van der Waals surface area contributed by atoms with Crippen LogP contribution in [-0.2, 0) is 4.79 Å². The Labute approximate surface area is 229 Å². The minimum absolute atomic E-state index is 0.0550. The number of hydrogen-bond donors (Lipinski definition) is 1. The number of amides is 3. The Morgan fingerprint density at radius 1 is 1.26 bits per heavy atom. The van der Waals surface area contributed by atoms with Gasteiger partial charge in [0.2, 0.25) is 5.91 Å². The summed E-state index contributed by atoms with van der Waals surface area (Å²) < 4.78 is 6.10. The summed E-state index contributed by atoms with van der Waals surface area (Å²) in [6, 6.07) is 13.1. The molecular weight excluding hydrogens is 524 g/mol. The highest BCUT2D eigenvalue weighted by molar-refractivity contribution is 7.09. The van der Waals surface area contributed by atoms with E-state index in [9.17, 15) is 14.9 Å². The maximum absolute atomic E-state index is 14.2. The fraction of sp³-hybridized carbons (Fsp3) is 0.296. The number of benzene rings is 2. The first-order valence-corrected chi connectivity index (χ1v) is 13.4. The lowest BCUT2D eigenvalue weighted by molar-refractivity contribution is -0.123. The molecule has 194 valence electrons. The fourth-order valence-corrected chi connectivity index (χ4v) is 5.42. The Bertz CT molecular complexity index is 1420. The number of ether oxygens (including phenoxy) is 1. The Morgan fingerprint density at radius 2 is 2.05 bits per heavy atom. The van der Waals surface area contributed by atoms with Gasteiger partial charge in [0.1, 0.15) is 29.2 Å². The van der Waals surface area contributed by atoms with Gasteiger partial charge in [-0.3, -0.25) is 14.7 Å². The summed E-state index contributed by atoms with van der Waals surface area (Å²) in [5.41, 5.74) is 1.83. The van der Waals surface area contributed by atoms with E-state index in [0.717, 1.165) is 10.6 Å². The van der Waals surface area contributed by atoms with Crippen molar-refractivity contribution in [2.45, 2.75) is 32.0 Å². The summed E-state index contributed by atoms with van der Waals surface area (Å²) in [5, 5.41) is 15.5. The van der Waals surface area contributed by atoms with Gasteiger partial charge in [-0.25, -0.2) is 9.78 Å². The average molecular weight is 549 g/mol. The third kappa shape index (κ3) is 5.08. The number of nitrogens with one attached hydrogen (secondary N) is 1. The van der Waals surface area contributed by atoms with E-state index in [1.165, 1.54) is 16.2 Å². The molecule has 2 atom stereocenters. The van der Waals surface area contributed by atoms with E-state index in [-0.39, 0.29) is 24.6 Å². The van der Waals surface area contributed by atoms with Crippen molar-refractivity contribution in [2.24, 2.45) is 4.99 Å². The average Bonchev–Trinajstić information content (AvgIpc) is 3.57. The molecule has 0 bridgehead atoms. The number of aliphatic imine (C=N–C) groups is 1. The van der Waals surface area contributed by atoms with Gasteiger partial charge in [0.25, 0.3) is 0 Å². The summed E-state index contributed by atoms with van der Waals surface area (Å²) >= 11 is 7.65. The quantitative estimate of drug-likeness (QED) is 0.503. The second-order valence-corrected chi connectivity index (χ2v) is 10.5. The van der Waals surface area contributed by atoms with Crippen molar-refractivity contribution in [3.63, 3.8) is 0 Å². The van der Waals surface area contributed by atoms with Gasteiger partial charge in [0.15, 0.2) is 0 Å². The van der Waals surface area contributed by atoms with Crippen LogP contribution in [0.15, 0.2) is 59.0 Å².